The molecule has 3 aliphatic rings. The van der Waals surface area contributed by atoms with Gasteiger partial charge < -0.3 is 15.0 Å². The normalized spacial score (nSPS) is 21.8. The third kappa shape index (κ3) is 5.26. The van der Waals surface area contributed by atoms with E-state index in [1.807, 2.05) is 21.9 Å². The number of methoxy groups -OCH3 is 1. The van der Waals surface area contributed by atoms with Crippen LogP contribution in [0.1, 0.15) is 42.0 Å². The number of alkyl halides is 2. The maximum absolute atomic E-state index is 15.5. The minimum Gasteiger partial charge on any atom is -0.469 e. The van der Waals surface area contributed by atoms with Gasteiger partial charge in [-0.15, -0.1) is 0 Å². The van der Waals surface area contributed by atoms with Gasteiger partial charge in [0.05, 0.1) is 31.2 Å². The van der Waals surface area contributed by atoms with Crippen molar-refractivity contribution in [3.63, 3.8) is 0 Å². The van der Waals surface area contributed by atoms with Crippen molar-refractivity contribution in [2.24, 2.45) is 5.41 Å². The number of halogens is 3. The molecule has 3 aliphatic heterocycles. The highest BCUT2D eigenvalue weighted by atomic mass is 79.9. The Morgan fingerprint density at radius 1 is 1.25 bits per heavy atom. The molecule has 1 spiro atoms. The van der Waals surface area contributed by atoms with Crippen LogP contribution in [0.25, 0.3) is 0 Å². The minimum absolute atomic E-state index is 0.169. The Morgan fingerprint density at radius 3 is 2.83 bits per heavy atom. The van der Waals surface area contributed by atoms with E-state index in [1.165, 1.54) is 12.7 Å². The topological polar surface area (TPSA) is 70.6 Å². The number of ether oxygens (including phenoxy) is 1. The Bertz CT molecular complexity index is 1110. The molecule has 36 heavy (non-hydrogen) atoms. The van der Waals surface area contributed by atoms with Gasteiger partial charge in [0.1, 0.15) is 5.82 Å². The molecule has 194 valence electrons. The zero-order valence-corrected chi connectivity index (χ0v) is 22.1. The molecule has 0 saturated carbocycles. The Balaban J connectivity index is 1.20. The predicted octanol–water partition coefficient (Wildman–Crippen LogP) is 4.09. The summed E-state index contributed by atoms with van der Waals surface area (Å²) in [6.45, 7) is 2.87. The van der Waals surface area contributed by atoms with Crippen molar-refractivity contribution >= 4 is 27.7 Å². The number of aromatic nitrogens is 2. The molecule has 0 radical (unpaired) electrons. The maximum atomic E-state index is 15.5. The first kappa shape index (κ1) is 25.5. The Kier molecular flexibility index (Phi) is 7.29. The van der Waals surface area contributed by atoms with Gasteiger partial charge in [0, 0.05) is 55.5 Å². The molecule has 0 aliphatic carbocycles. The summed E-state index contributed by atoms with van der Waals surface area (Å²) < 4.78 is 36.7. The van der Waals surface area contributed by atoms with Crippen molar-refractivity contribution in [2.75, 3.05) is 51.7 Å². The van der Waals surface area contributed by atoms with Crippen LogP contribution in [0.5, 0.6) is 0 Å². The number of carbonyl (C=O) groups is 1. The number of anilines is 1. The molecule has 0 unspecified atom stereocenters. The molecule has 10 heteroatoms. The molecule has 0 bridgehead atoms. The fourth-order valence-electron chi connectivity index (χ4n) is 5.77. The van der Waals surface area contributed by atoms with E-state index in [2.05, 4.69) is 37.3 Å². The second-order valence-corrected chi connectivity index (χ2v) is 11.3. The standard InChI is InChI=1S/C26H32BrF2N5O2/c1-36-23(35)10-20(19-9-21(27)12-30-11-19)13-34-15-25(16-34)6-8-33(17-26(25,28)29)14-22-5-4-18-3-2-7-31-24(18)32-22/h4-5,9,11-12,20H,2-3,6-8,10,13-17H2,1H3,(H,31,32)/t20-/m1/s1. The largest absolute Gasteiger partial charge is 0.469 e. The van der Waals surface area contributed by atoms with Crippen LogP contribution in [-0.4, -0.2) is 78.0 Å². The van der Waals surface area contributed by atoms with Crippen LogP contribution < -0.4 is 5.32 Å². The molecular formula is C26H32BrF2N5O2. The summed E-state index contributed by atoms with van der Waals surface area (Å²) in [5.41, 5.74) is 1.91. The molecule has 1 atom stereocenters. The van der Waals surface area contributed by atoms with E-state index in [0.717, 1.165) is 40.9 Å². The van der Waals surface area contributed by atoms with Gasteiger partial charge >= 0.3 is 5.97 Å². The number of pyridine rings is 2. The number of nitrogens with zero attached hydrogens (tertiary/aromatic N) is 4. The first-order valence-electron chi connectivity index (χ1n) is 12.5. The van der Waals surface area contributed by atoms with Gasteiger partial charge in [0.15, 0.2) is 0 Å². The molecule has 5 rings (SSSR count). The molecule has 2 aromatic heterocycles. The number of aryl methyl sites for hydroxylation is 1. The molecule has 0 aromatic carbocycles. The average Bonchev–Trinajstić information content (AvgIpc) is 2.83. The number of piperidine rings is 1. The number of hydrogen-bond donors (Lipinski definition) is 1. The van der Waals surface area contributed by atoms with Crippen molar-refractivity contribution in [1.29, 1.82) is 0 Å². The van der Waals surface area contributed by atoms with Crippen LogP contribution >= 0.6 is 15.9 Å². The van der Waals surface area contributed by atoms with Gasteiger partial charge in [0.2, 0.25) is 0 Å². The van der Waals surface area contributed by atoms with Gasteiger partial charge in [-0.05, 0) is 65.0 Å². The first-order chi connectivity index (χ1) is 17.3. The van der Waals surface area contributed by atoms with Crippen LogP contribution in [-0.2, 0) is 22.5 Å². The zero-order chi connectivity index (χ0) is 25.3. The Morgan fingerprint density at radius 2 is 2.08 bits per heavy atom. The molecular weight excluding hydrogens is 532 g/mol. The summed E-state index contributed by atoms with van der Waals surface area (Å²) >= 11 is 3.43. The van der Waals surface area contributed by atoms with E-state index < -0.39 is 11.3 Å². The number of hydrogen-bond acceptors (Lipinski definition) is 7. The number of fused-ring (bicyclic) bond motifs is 1. The second-order valence-electron chi connectivity index (χ2n) is 10.4. The number of likely N-dealkylation sites (tertiary alicyclic amines) is 2. The average molecular weight is 564 g/mol. The summed E-state index contributed by atoms with van der Waals surface area (Å²) in [6.07, 6.45) is 6.14. The Labute approximate surface area is 218 Å². The number of rotatable bonds is 7. The number of esters is 1. The van der Waals surface area contributed by atoms with Crippen LogP contribution in [0.15, 0.2) is 35.1 Å². The lowest BCUT2D eigenvalue weighted by atomic mass is 9.68. The molecule has 2 fully saturated rings. The van der Waals surface area contributed by atoms with Crippen molar-refractivity contribution in [2.45, 2.75) is 44.1 Å². The summed E-state index contributed by atoms with van der Waals surface area (Å²) in [5.74, 6) is -2.38. The predicted molar refractivity (Wildman–Crippen MR) is 136 cm³/mol. The van der Waals surface area contributed by atoms with Crippen molar-refractivity contribution in [1.82, 2.24) is 19.8 Å². The fraction of sp³-hybridized carbons (Fsp3) is 0.577. The quantitative estimate of drug-likeness (QED) is 0.509. The summed E-state index contributed by atoms with van der Waals surface area (Å²) in [5, 5.41) is 3.32. The van der Waals surface area contributed by atoms with Gasteiger partial charge in [-0.2, -0.15) is 0 Å². The third-order valence-electron chi connectivity index (χ3n) is 7.81. The van der Waals surface area contributed by atoms with E-state index >= 15 is 8.78 Å². The van der Waals surface area contributed by atoms with E-state index in [4.69, 9.17) is 4.74 Å². The van der Waals surface area contributed by atoms with E-state index in [-0.39, 0.29) is 24.9 Å². The monoisotopic (exact) mass is 563 g/mol. The SMILES string of the molecule is COC(=O)C[C@H](CN1CC2(CCN(Cc3ccc4c(n3)NCCC4)CC2(F)F)C1)c1cncc(Br)c1. The van der Waals surface area contributed by atoms with Crippen molar-refractivity contribution in [3.05, 3.63) is 51.9 Å². The molecule has 1 N–H and O–H groups in total. The van der Waals surface area contributed by atoms with Crippen molar-refractivity contribution < 1.29 is 18.3 Å². The summed E-state index contributed by atoms with van der Waals surface area (Å²) in [7, 11) is 1.36. The molecule has 2 saturated heterocycles. The van der Waals surface area contributed by atoms with Crippen LogP contribution in [0.4, 0.5) is 14.6 Å². The van der Waals surface area contributed by atoms with Crippen molar-refractivity contribution in [3.8, 4) is 0 Å². The smallest absolute Gasteiger partial charge is 0.306 e. The highest BCUT2D eigenvalue weighted by Gasteiger charge is 2.62. The van der Waals surface area contributed by atoms with E-state index in [1.54, 1.807) is 12.4 Å². The van der Waals surface area contributed by atoms with Gasteiger partial charge in [-0.3, -0.25) is 14.7 Å². The third-order valence-corrected chi connectivity index (χ3v) is 8.25. The summed E-state index contributed by atoms with van der Waals surface area (Å²) in [4.78, 5) is 24.8. The van der Waals surface area contributed by atoms with E-state index in [0.29, 0.717) is 39.1 Å². The van der Waals surface area contributed by atoms with Crippen LogP contribution in [0.2, 0.25) is 0 Å². The van der Waals surface area contributed by atoms with E-state index in [9.17, 15) is 4.79 Å². The van der Waals surface area contributed by atoms with Gasteiger partial charge in [0.25, 0.3) is 5.92 Å². The molecule has 0 amide bonds. The summed E-state index contributed by atoms with van der Waals surface area (Å²) in [6, 6.07) is 5.97. The lowest BCUT2D eigenvalue weighted by Gasteiger charge is -2.58. The molecule has 5 heterocycles. The lowest BCUT2D eigenvalue weighted by Crippen LogP contribution is -2.70. The second kappa shape index (κ2) is 10.3. The lowest BCUT2D eigenvalue weighted by molar-refractivity contribution is -0.226. The molecule has 2 aromatic rings. The highest BCUT2D eigenvalue weighted by molar-refractivity contribution is 9.10. The fourth-order valence-corrected chi connectivity index (χ4v) is 6.15. The van der Waals surface area contributed by atoms with Gasteiger partial charge in [-0.1, -0.05) is 6.07 Å². The maximum Gasteiger partial charge on any atom is 0.306 e. The minimum atomic E-state index is -2.79. The van der Waals surface area contributed by atoms with Gasteiger partial charge in [-0.25, -0.2) is 13.8 Å². The number of carbonyl (C=O) groups excluding carboxylic acids is 1. The zero-order valence-electron chi connectivity index (χ0n) is 20.5. The molecule has 7 nitrogen and oxygen atoms in total. The van der Waals surface area contributed by atoms with Crippen LogP contribution in [0, 0.1) is 5.41 Å². The van der Waals surface area contributed by atoms with Crippen LogP contribution in [0.3, 0.4) is 0 Å². The number of nitrogens with one attached hydrogen (secondary N) is 1. The Hall–Kier alpha value is -2.17. The highest BCUT2D eigenvalue weighted by Crippen LogP contribution is 2.50. The first-order valence-corrected chi connectivity index (χ1v) is 13.3.